The summed E-state index contributed by atoms with van der Waals surface area (Å²) in [4.78, 5) is 13.1. The highest BCUT2D eigenvalue weighted by molar-refractivity contribution is 7.99. The second kappa shape index (κ2) is 8.47. The summed E-state index contributed by atoms with van der Waals surface area (Å²) in [6.07, 6.45) is 1.63. The topological polar surface area (TPSA) is 84.3 Å². The minimum Gasteiger partial charge on any atom is -0.469 e. The highest BCUT2D eigenvalue weighted by Gasteiger charge is 2.20. The molecule has 0 saturated carbocycles. The smallest absolute Gasteiger partial charge is 0.231 e. The molecule has 0 N–H and O–H groups in total. The zero-order valence-corrected chi connectivity index (χ0v) is 19.7. The average Bonchev–Trinajstić information content (AvgIpc) is 3.57. The summed E-state index contributed by atoms with van der Waals surface area (Å²) in [5.41, 5.74) is 4.71. The van der Waals surface area contributed by atoms with Crippen molar-refractivity contribution in [3.05, 3.63) is 64.9 Å². The largest absolute Gasteiger partial charge is 0.469 e. The third kappa shape index (κ3) is 3.93. The van der Waals surface area contributed by atoms with Crippen LogP contribution in [0.2, 0.25) is 0 Å². The van der Waals surface area contributed by atoms with Gasteiger partial charge in [-0.25, -0.2) is 0 Å². The number of hydrogen-bond acceptors (Lipinski definition) is 7. The van der Waals surface area contributed by atoms with E-state index in [0.29, 0.717) is 11.7 Å². The monoisotopic (exact) mass is 464 g/mol. The van der Waals surface area contributed by atoms with Gasteiger partial charge in [-0.15, -0.1) is 10.2 Å². The zero-order valence-electron chi connectivity index (χ0n) is 18.9. The van der Waals surface area contributed by atoms with Crippen LogP contribution in [0.4, 0.5) is 0 Å². The summed E-state index contributed by atoms with van der Waals surface area (Å²) in [6, 6.07) is 9.77. The van der Waals surface area contributed by atoms with Gasteiger partial charge >= 0.3 is 0 Å². The maximum Gasteiger partial charge on any atom is 0.231 e. The van der Waals surface area contributed by atoms with Crippen LogP contribution in [0, 0.1) is 20.8 Å². The van der Waals surface area contributed by atoms with Gasteiger partial charge in [0.05, 0.1) is 17.6 Å². The van der Waals surface area contributed by atoms with Gasteiger partial charge in [0, 0.05) is 30.5 Å². The SMILES string of the molecule is Cc1occc1-c1nnc(SCC(=O)c2cc(C)n(Cc3ccc4c(c3)OCO4)c2C)n1C. The summed E-state index contributed by atoms with van der Waals surface area (Å²) in [7, 11) is 1.89. The molecule has 0 amide bonds. The molecule has 4 aromatic rings. The minimum absolute atomic E-state index is 0.0640. The molecule has 0 aliphatic carbocycles. The van der Waals surface area contributed by atoms with Crippen molar-refractivity contribution in [2.75, 3.05) is 12.5 Å². The highest BCUT2D eigenvalue weighted by atomic mass is 32.2. The van der Waals surface area contributed by atoms with Gasteiger partial charge in [0.25, 0.3) is 0 Å². The molecule has 1 aliphatic rings. The number of aromatic nitrogens is 4. The van der Waals surface area contributed by atoms with E-state index in [1.54, 1.807) is 6.26 Å². The van der Waals surface area contributed by atoms with Crippen LogP contribution in [0.3, 0.4) is 0 Å². The molecule has 0 bridgehead atoms. The van der Waals surface area contributed by atoms with E-state index >= 15 is 0 Å². The summed E-state index contributed by atoms with van der Waals surface area (Å²) in [5, 5.41) is 9.23. The number of fused-ring (bicyclic) bond motifs is 1. The van der Waals surface area contributed by atoms with Crippen molar-refractivity contribution >= 4 is 17.5 Å². The van der Waals surface area contributed by atoms with Crippen LogP contribution in [0.1, 0.15) is 33.1 Å². The van der Waals surface area contributed by atoms with Crippen LogP contribution >= 0.6 is 11.8 Å². The van der Waals surface area contributed by atoms with Crippen molar-refractivity contribution in [3.63, 3.8) is 0 Å². The molecule has 9 heteroatoms. The summed E-state index contributed by atoms with van der Waals surface area (Å²) in [6.45, 7) is 6.81. The van der Waals surface area contributed by atoms with Gasteiger partial charge in [-0.1, -0.05) is 17.8 Å². The highest BCUT2D eigenvalue weighted by Crippen LogP contribution is 2.33. The van der Waals surface area contributed by atoms with Crippen molar-refractivity contribution in [1.29, 1.82) is 0 Å². The first-order valence-corrected chi connectivity index (χ1v) is 11.6. The second-order valence-electron chi connectivity index (χ2n) is 8.03. The van der Waals surface area contributed by atoms with Crippen LogP contribution in [-0.2, 0) is 13.6 Å². The summed E-state index contributed by atoms with van der Waals surface area (Å²) < 4.78 is 20.3. The number of aryl methyl sites for hydroxylation is 2. The lowest BCUT2D eigenvalue weighted by atomic mass is 10.1. The molecule has 0 unspecified atom stereocenters. The lowest BCUT2D eigenvalue weighted by Gasteiger charge is -2.10. The average molecular weight is 465 g/mol. The van der Waals surface area contributed by atoms with Crippen LogP contribution in [0.15, 0.2) is 46.2 Å². The third-order valence-electron chi connectivity index (χ3n) is 5.92. The molecule has 33 heavy (non-hydrogen) atoms. The number of ether oxygens (including phenoxy) is 2. The van der Waals surface area contributed by atoms with Crippen molar-refractivity contribution in [1.82, 2.24) is 19.3 Å². The standard InChI is InChI=1S/C24H24N4O4S/c1-14-9-19(15(2)28(14)11-17-5-6-21-22(10-17)32-13-31-21)20(29)12-33-24-26-25-23(27(24)4)18-7-8-30-16(18)3/h5-10H,11-13H2,1-4H3. The fraction of sp³-hybridized carbons (Fsp3) is 0.292. The van der Waals surface area contributed by atoms with E-state index in [4.69, 9.17) is 13.9 Å². The molecule has 0 atom stereocenters. The van der Waals surface area contributed by atoms with Gasteiger partial charge in [0.1, 0.15) is 5.76 Å². The van der Waals surface area contributed by atoms with Crippen molar-refractivity contribution in [2.24, 2.45) is 7.05 Å². The number of nitrogens with zero attached hydrogens (tertiary/aromatic N) is 4. The van der Waals surface area contributed by atoms with E-state index in [-0.39, 0.29) is 18.3 Å². The first-order valence-electron chi connectivity index (χ1n) is 10.6. The van der Waals surface area contributed by atoms with Gasteiger partial charge in [0.15, 0.2) is 28.3 Å². The van der Waals surface area contributed by atoms with Gasteiger partial charge in [-0.3, -0.25) is 4.79 Å². The Hall–Kier alpha value is -3.46. The van der Waals surface area contributed by atoms with Gasteiger partial charge in [-0.05, 0) is 50.6 Å². The van der Waals surface area contributed by atoms with E-state index in [9.17, 15) is 4.79 Å². The molecule has 0 fully saturated rings. The first-order chi connectivity index (χ1) is 15.9. The zero-order chi connectivity index (χ0) is 23.1. The van der Waals surface area contributed by atoms with E-state index in [1.165, 1.54) is 11.8 Å². The van der Waals surface area contributed by atoms with Crippen LogP contribution < -0.4 is 9.47 Å². The maximum atomic E-state index is 13.1. The maximum absolute atomic E-state index is 13.1. The summed E-state index contributed by atoms with van der Waals surface area (Å²) >= 11 is 1.38. The predicted molar refractivity (Wildman–Crippen MR) is 124 cm³/mol. The molecule has 8 nitrogen and oxygen atoms in total. The molecule has 3 aromatic heterocycles. The minimum atomic E-state index is 0.0640. The van der Waals surface area contributed by atoms with Gasteiger partial charge < -0.3 is 23.0 Å². The number of carbonyl (C=O) groups is 1. The van der Waals surface area contributed by atoms with E-state index in [2.05, 4.69) is 14.8 Å². The second-order valence-corrected chi connectivity index (χ2v) is 8.97. The van der Waals surface area contributed by atoms with E-state index in [1.807, 2.05) is 62.7 Å². The van der Waals surface area contributed by atoms with Crippen LogP contribution in [0.5, 0.6) is 11.5 Å². The molecule has 1 aromatic carbocycles. The van der Waals surface area contributed by atoms with Gasteiger partial charge in [-0.2, -0.15) is 0 Å². The number of carbonyl (C=O) groups excluding carboxylic acids is 1. The fourth-order valence-electron chi connectivity index (χ4n) is 4.05. The first kappa shape index (κ1) is 21.4. The van der Waals surface area contributed by atoms with Crippen molar-refractivity contribution in [3.8, 4) is 22.9 Å². The van der Waals surface area contributed by atoms with Crippen molar-refractivity contribution < 1.29 is 18.7 Å². The number of hydrogen-bond donors (Lipinski definition) is 0. The Morgan fingerprint density at radius 1 is 1.09 bits per heavy atom. The number of thioether (sulfide) groups is 1. The fourth-order valence-corrected chi connectivity index (χ4v) is 4.84. The molecule has 4 heterocycles. The molecule has 1 aliphatic heterocycles. The molecular weight excluding hydrogens is 440 g/mol. The molecule has 0 radical (unpaired) electrons. The molecule has 0 saturated heterocycles. The van der Waals surface area contributed by atoms with E-state index in [0.717, 1.165) is 51.2 Å². The Balaban J connectivity index is 1.30. The Kier molecular flexibility index (Phi) is 5.49. The quantitative estimate of drug-likeness (QED) is 0.293. The predicted octanol–water partition coefficient (Wildman–Crippen LogP) is 4.55. The molecule has 0 spiro atoms. The van der Waals surface area contributed by atoms with Crippen LogP contribution in [-0.4, -0.2) is 37.7 Å². The number of furan rings is 1. The molecule has 170 valence electrons. The summed E-state index contributed by atoms with van der Waals surface area (Å²) in [5.74, 6) is 3.38. The van der Waals surface area contributed by atoms with Crippen LogP contribution in [0.25, 0.3) is 11.4 Å². The van der Waals surface area contributed by atoms with Crippen molar-refractivity contribution in [2.45, 2.75) is 32.5 Å². The molecular formula is C24H24N4O4S. The Morgan fingerprint density at radius 2 is 1.91 bits per heavy atom. The lowest BCUT2D eigenvalue weighted by molar-refractivity contribution is 0.102. The van der Waals surface area contributed by atoms with E-state index < -0.39 is 0 Å². The number of benzene rings is 1. The molecule has 5 rings (SSSR count). The number of ketones is 1. The Morgan fingerprint density at radius 3 is 2.70 bits per heavy atom. The third-order valence-corrected chi connectivity index (χ3v) is 6.94. The van der Waals surface area contributed by atoms with Gasteiger partial charge in [0.2, 0.25) is 6.79 Å². The normalized spacial score (nSPS) is 12.5. The lowest BCUT2D eigenvalue weighted by Crippen LogP contribution is -2.08. The Labute approximate surface area is 195 Å². The number of rotatable bonds is 7. The number of Topliss-reactive ketones (excluding diaryl/α,β-unsaturated/α-hetero) is 1. The Bertz CT molecular complexity index is 1350.